The quantitative estimate of drug-likeness (QED) is 0.515. The van der Waals surface area contributed by atoms with Crippen LogP contribution in [-0.2, 0) is 15.3 Å². The lowest BCUT2D eigenvalue weighted by atomic mass is 10.0. The summed E-state index contributed by atoms with van der Waals surface area (Å²) in [6.45, 7) is 0. The first-order valence-corrected chi connectivity index (χ1v) is 10.7. The molecule has 1 aliphatic heterocycles. The van der Waals surface area contributed by atoms with Crippen LogP contribution in [0.2, 0.25) is 0 Å². The van der Waals surface area contributed by atoms with Gasteiger partial charge in [0, 0.05) is 6.04 Å². The monoisotopic (exact) mass is 399 g/mol. The number of amides is 2. The van der Waals surface area contributed by atoms with Crippen LogP contribution in [0.4, 0.5) is 4.39 Å². The molecule has 2 amide bonds. The fraction of sp³-hybridized carbons (Fsp3) is 0.364. The number of halogens is 1. The molecule has 4 nitrogen and oxygen atoms in total. The summed E-state index contributed by atoms with van der Waals surface area (Å²) in [6, 6.07) is 9.37. The van der Waals surface area contributed by atoms with Crippen molar-refractivity contribution in [3.8, 4) is 0 Å². The van der Waals surface area contributed by atoms with Crippen molar-refractivity contribution in [1.29, 1.82) is 0 Å². The van der Waals surface area contributed by atoms with Crippen LogP contribution >= 0.6 is 11.8 Å². The number of carbonyl (C=O) groups is 2. The average Bonchev–Trinajstić information content (AvgIpc) is 3.18. The van der Waals surface area contributed by atoms with Gasteiger partial charge in [-0.25, -0.2) is 4.39 Å². The van der Waals surface area contributed by atoms with E-state index in [1.165, 1.54) is 28.8 Å². The molecule has 146 valence electrons. The van der Waals surface area contributed by atoms with E-state index in [4.69, 9.17) is 4.42 Å². The van der Waals surface area contributed by atoms with Crippen LogP contribution in [0.15, 0.2) is 52.0 Å². The fourth-order valence-corrected chi connectivity index (χ4v) is 4.94. The highest BCUT2D eigenvalue weighted by Gasteiger charge is 2.42. The highest BCUT2D eigenvalue weighted by molar-refractivity contribution is 8.03. The van der Waals surface area contributed by atoms with Crippen molar-refractivity contribution < 1.29 is 18.4 Å². The number of benzene rings is 1. The molecule has 1 aromatic heterocycles. The third-order valence-corrected chi connectivity index (χ3v) is 6.43. The average molecular weight is 399 g/mol. The molecule has 0 N–H and O–H groups in total. The Morgan fingerprint density at radius 1 is 1.00 bits per heavy atom. The van der Waals surface area contributed by atoms with Crippen LogP contribution in [-0.4, -0.2) is 22.8 Å². The van der Waals surface area contributed by atoms with Crippen molar-refractivity contribution in [3.05, 3.63) is 64.7 Å². The van der Waals surface area contributed by atoms with E-state index >= 15 is 0 Å². The van der Waals surface area contributed by atoms with Gasteiger partial charge in [-0.2, -0.15) is 0 Å². The number of furan rings is 1. The van der Waals surface area contributed by atoms with Gasteiger partial charge in [0.15, 0.2) is 0 Å². The van der Waals surface area contributed by atoms with Crippen molar-refractivity contribution in [3.63, 3.8) is 0 Å². The van der Waals surface area contributed by atoms with E-state index in [2.05, 4.69) is 0 Å². The normalized spacial score (nSPS) is 18.8. The molecular weight excluding hydrogens is 377 g/mol. The van der Waals surface area contributed by atoms with Gasteiger partial charge in [0.05, 0.1) is 22.5 Å². The summed E-state index contributed by atoms with van der Waals surface area (Å²) in [5, 5.41) is 0. The minimum Gasteiger partial charge on any atom is -0.468 e. The molecule has 1 saturated carbocycles. The third kappa shape index (κ3) is 3.78. The number of hydrogen-bond donors (Lipinski definition) is 0. The Balaban J connectivity index is 1.67. The molecule has 0 bridgehead atoms. The van der Waals surface area contributed by atoms with Crippen molar-refractivity contribution in [2.75, 3.05) is 0 Å². The second kappa shape index (κ2) is 8.35. The highest BCUT2D eigenvalue weighted by atomic mass is 32.2. The number of hydrogen-bond acceptors (Lipinski definition) is 4. The summed E-state index contributed by atoms with van der Waals surface area (Å²) < 4.78 is 18.8. The molecule has 2 aromatic rings. The van der Waals surface area contributed by atoms with E-state index in [0.717, 1.165) is 44.3 Å². The maximum atomic E-state index is 13.4. The molecule has 0 radical (unpaired) electrons. The van der Waals surface area contributed by atoms with Gasteiger partial charge < -0.3 is 4.42 Å². The van der Waals surface area contributed by atoms with E-state index in [1.54, 1.807) is 24.5 Å². The van der Waals surface area contributed by atoms with Crippen LogP contribution < -0.4 is 0 Å². The van der Waals surface area contributed by atoms with E-state index in [1.807, 2.05) is 6.07 Å². The van der Waals surface area contributed by atoms with Crippen molar-refractivity contribution in [2.45, 2.75) is 50.3 Å². The van der Waals surface area contributed by atoms with Gasteiger partial charge in [0.25, 0.3) is 11.8 Å². The Bertz CT molecular complexity index is 881. The Labute approximate surface area is 167 Å². The SMILES string of the molecule is O=C1C(SCc2ccco2)=C(c2ccc(F)cc2)C(=O)N1C1CCCCCC1. The first kappa shape index (κ1) is 19.0. The van der Waals surface area contributed by atoms with Gasteiger partial charge in [0.2, 0.25) is 0 Å². The van der Waals surface area contributed by atoms with Gasteiger partial charge >= 0.3 is 0 Å². The zero-order chi connectivity index (χ0) is 19.5. The van der Waals surface area contributed by atoms with Crippen LogP contribution in [0.1, 0.15) is 49.8 Å². The Morgan fingerprint density at radius 2 is 1.71 bits per heavy atom. The number of nitrogens with zero attached hydrogens (tertiary/aromatic N) is 1. The zero-order valence-corrected chi connectivity index (χ0v) is 16.3. The summed E-state index contributed by atoms with van der Waals surface area (Å²) in [6.07, 6.45) is 7.64. The largest absolute Gasteiger partial charge is 0.468 e. The number of imide groups is 1. The Morgan fingerprint density at radius 3 is 2.36 bits per heavy atom. The number of carbonyl (C=O) groups excluding carboxylic acids is 2. The third-order valence-electron chi connectivity index (χ3n) is 5.33. The number of thioether (sulfide) groups is 1. The van der Waals surface area contributed by atoms with Gasteiger partial charge in [-0.3, -0.25) is 14.5 Å². The zero-order valence-electron chi connectivity index (χ0n) is 15.5. The summed E-state index contributed by atoms with van der Waals surface area (Å²) in [7, 11) is 0. The smallest absolute Gasteiger partial charge is 0.268 e. The number of rotatable bonds is 5. The minimum absolute atomic E-state index is 0.0559. The second-order valence-electron chi connectivity index (χ2n) is 7.20. The van der Waals surface area contributed by atoms with Crippen LogP contribution in [0.3, 0.4) is 0 Å². The van der Waals surface area contributed by atoms with Crippen LogP contribution in [0, 0.1) is 5.82 Å². The van der Waals surface area contributed by atoms with E-state index < -0.39 is 0 Å². The molecule has 2 aliphatic rings. The van der Waals surface area contributed by atoms with Crippen molar-refractivity contribution in [2.24, 2.45) is 0 Å². The lowest BCUT2D eigenvalue weighted by molar-refractivity contribution is -0.139. The van der Waals surface area contributed by atoms with Gasteiger partial charge in [-0.15, -0.1) is 11.8 Å². The molecule has 1 fully saturated rings. The highest BCUT2D eigenvalue weighted by Crippen LogP contribution is 2.40. The first-order valence-electron chi connectivity index (χ1n) is 9.68. The van der Waals surface area contributed by atoms with Crippen LogP contribution in [0.25, 0.3) is 5.57 Å². The molecule has 2 heterocycles. The second-order valence-corrected chi connectivity index (χ2v) is 8.19. The lowest BCUT2D eigenvalue weighted by Crippen LogP contribution is -2.40. The molecule has 28 heavy (non-hydrogen) atoms. The molecule has 0 saturated heterocycles. The molecule has 0 unspecified atom stereocenters. The predicted octanol–water partition coefficient (Wildman–Crippen LogP) is 5.15. The van der Waals surface area contributed by atoms with Gasteiger partial charge in [-0.1, -0.05) is 37.8 Å². The molecule has 1 aromatic carbocycles. The van der Waals surface area contributed by atoms with Gasteiger partial charge in [0.1, 0.15) is 11.6 Å². The maximum absolute atomic E-state index is 13.4. The Kier molecular flexibility index (Phi) is 5.67. The molecule has 0 atom stereocenters. The Hall–Kier alpha value is -2.34. The van der Waals surface area contributed by atoms with Crippen LogP contribution in [0.5, 0.6) is 0 Å². The molecular formula is C22H22FNO3S. The first-order chi connectivity index (χ1) is 13.6. The van der Waals surface area contributed by atoms with Crippen molar-refractivity contribution in [1.82, 2.24) is 4.90 Å². The van der Waals surface area contributed by atoms with Crippen molar-refractivity contribution >= 4 is 29.1 Å². The lowest BCUT2D eigenvalue weighted by Gasteiger charge is -2.25. The summed E-state index contributed by atoms with van der Waals surface area (Å²) in [5.74, 6) is 0.346. The molecule has 1 aliphatic carbocycles. The standard InChI is InChI=1S/C22H22FNO3S/c23-16-11-9-15(10-12-16)19-20(28-14-18-8-5-13-27-18)22(26)24(21(19)25)17-6-3-1-2-4-7-17/h5,8-13,17H,1-4,6-7,14H2. The predicted molar refractivity (Wildman–Crippen MR) is 107 cm³/mol. The van der Waals surface area contributed by atoms with Gasteiger partial charge in [-0.05, 0) is 42.7 Å². The summed E-state index contributed by atoms with van der Waals surface area (Å²) in [4.78, 5) is 28.4. The fourth-order valence-electron chi connectivity index (χ4n) is 3.92. The topological polar surface area (TPSA) is 50.5 Å². The molecule has 6 heteroatoms. The molecule has 4 rings (SSSR count). The van der Waals surface area contributed by atoms with E-state index in [-0.39, 0.29) is 23.7 Å². The maximum Gasteiger partial charge on any atom is 0.268 e. The summed E-state index contributed by atoms with van der Waals surface area (Å²) >= 11 is 1.31. The summed E-state index contributed by atoms with van der Waals surface area (Å²) in [5.41, 5.74) is 0.962. The minimum atomic E-state index is -0.369. The van der Waals surface area contributed by atoms with E-state index in [0.29, 0.717) is 21.8 Å². The molecule has 0 spiro atoms. The van der Waals surface area contributed by atoms with E-state index in [9.17, 15) is 14.0 Å².